The third-order valence-electron chi connectivity index (χ3n) is 3.74. The largest absolute Gasteiger partial charge is 0.379 e. The predicted octanol–water partition coefficient (Wildman–Crippen LogP) is 1.26. The molecule has 1 amide bonds. The highest BCUT2D eigenvalue weighted by Crippen LogP contribution is 2.46. The fourth-order valence-electron chi connectivity index (χ4n) is 2.33. The Morgan fingerprint density at radius 2 is 1.89 bits per heavy atom. The molecule has 4 heteroatoms. The highest BCUT2D eigenvalue weighted by atomic mass is 16.5. The van der Waals surface area contributed by atoms with Crippen LogP contribution in [-0.2, 0) is 9.53 Å². The van der Waals surface area contributed by atoms with Crippen molar-refractivity contribution in [3.8, 4) is 0 Å². The van der Waals surface area contributed by atoms with Crippen LogP contribution in [0.3, 0.4) is 0 Å². The lowest BCUT2D eigenvalue weighted by molar-refractivity contribution is -0.128. The lowest BCUT2D eigenvalue weighted by atomic mass is 9.96. The maximum Gasteiger partial charge on any atom is 0.227 e. The Morgan fingerprint density at radius 3 is 2.39 bits per heavy atom. The van der Waals surface area contributed by atoms with Crippen molar-refractivity contribution in [2.45, 2.75) is 33.6 Å². The zero-order valence-electron chi connectivity index (χ0n) is 11.9. The summed E-state index contributed by atoms with van der Waals surface area (Å²) in [5.74, 6) is 0.254. The second-order valence-electron chi connectivity index (χ2n) is 6.91. The van der Waals surface area contributed by atoms with Crippen LogP contribution in [0.4, 0.5) is 0 Å². The Morgan fingerprint density at radius 1 is 1.28 bits per heavy atom. The first-order valence-corrected chi connectivity index (χ1v) is 7.00. The smallest absolute Gasteiger partial charge is 0.227 e. The molecule has 1 saturated carbocycles. The second kappa shape index (κ2) is 5.17. The maximum atomic E-state index is 12.3. The number of ether oxygens (including phenoxy) is 1. The molecule has 0 spiro atoms. The van der Waals surface area contributed by atoms with Crippen molar-refractivity contribution in [3.63, 3.8) is 0 Å². The number of morpholine rings is 1. The summed E-state index contributed by atoms with van der Waals surface area (Å²) in [6, 6.07) is 0. The number of amides is 1. The van der Waals surface area contributed by atoms with Crippen molar-refractivity contribution in [2.75, 3.05) is 39.4 Å². The van der Waals surface area contributed by atoms with Gasteiger partial charge >= 0.3 is 0 Å². The quantitative estimate of drug-likeness (QED) is 0.821. The van der Waals surface area contributed by atoms with Gasteiger partial charge in [-0.25, -0.2) is 0 Å². The summed E-state index contributed by atoms with van der Waals surface area (Å²) < 4.78 is 5.35. The number of hydrogen-bond acceptors (Lipinski definition) is 3. The number of hydrogen-bond donors (Lipinski definition) is 1. The van der Waals surface area contributed by atoms with Gasteiger partial charge in [-0.2, -0.15) is 0 Å². The van der Waals surface area contributed by atoms with E-state index >= 15 is 0 Å². The molecular formula is C14H26N2O2. The molecule has 0 aromatic carbocycles. The van der Waals surface area contributed by atoms with Gasteiger partial charge in [-0.1, -0.05) is 20.8 Å². The Bertz CT molecular complexity index is 299. The van der Waals surface area contributed by atoms with Gasteiger partial charge in [-0.05, 0) is 18.3 Å². The van der Waals surface area contributed by atoms with Gasteiger partial charge in [-0.15, -0.1) is 0 Å². The van der Waals surface area contributed by atoms with E-state index in [9.17, 15) is 4.79 Å². The van der Waals surface area contributed by atoms with Gasteiger partial charge in [0.15, 0.2) is 0 Å². The minimum Gasteiger partial charge on any atom is -0.379 e. The SMILES string of the molecule is CC(C)(C)CNC(=O)C1(CN2CCOCC2)CC1. The Hall–Kier alpha value is -0.610. The maximum absolute atomic E-state index is 12.3. The van der Waals surface area contributed by atoms with Crippen LogP contribution >= 0.6 is 0 Å². The molecule has 1 N–H and O–H groups in total. The van der Waals surface area contributed by atoms with Crippen LogP contribution in [0.2, 0.25) is 0 Å². The van der Waals surface area contributed by atoms with Crippen LogP contribution < -0.4 is 5.32 Å². The van der Waals surface area contributed by atoms with E-state index < -0.39 is 0 Å². The Balaban J connectivity index is 1.81. The molecule has 0 aromatic rings. The average Bonchev–Trinajstić information content (AvgIpc) is 3.07. The minimum absolute atomic E-state index is 0.0947. The van der Waals surface area contributed by atoms with E-state index in [2.05, 4.69) is 31.0 Å². The number of nitrogens with zero attached hydrogens (tertiary/aromatic N) is 1. The molecule has 1 heterocycles. The fourth-order valence-corrected chi connectivity index (χ4v) is 2.33. The molecule has 0 bridgehead atoms. The van der Waals surface area contributed by atoms with Crippen LogP contribution in [0.15, 0.2) is 0 Å². The number of nitrogens with one attached hydrogen (secondary N) is 1. The summed E-state index contributed by atoms with van der Waals surface area (Å²) >= 11 is 0. The summed E-state index contributed by atoms with van der Waals surface area (Å²) in [6.45, 7) is 11.7. The summed E-state index contributed by atoms with van der Waals surface area (Å²) in [5.41, 5.74) is 0.0628. The highest BCUT2D eigenvalue weighted by molar-refractivity contribution is 5.85. The van der Waals surface area contributed by atoms with Crippen molar-refractivity contribution in [3.05, 3.63) is 0 Å². The molecule has 1 saturated heterocycles. The van der Waals surface area contributed by atoms with Crippen LogP contribution in [0, 0.1) is 10.8 Å². The molecule has 1 aliphatic heterocycles. The molecule has 0 radical (unpaired) electrons. The standard InChI is InChI=1S/C14H26N2O2/c1-13(2,3)10-15-12(17)14(4-5-14)11-16-6-8-18-9-7-16/h4-11H2,1-3H3,(H,15,17). The highest BCUT2D eigenvalue weighted by Gasteiger charge is 2.50. The van der Waals surface area contributed by atoms with Crippen LogP contribution in [0.1, 0.15) is 33.6 Å². The first kappa shape index (κ1) is 13.8. The van der Waals surface area contributed by atoms with Gasteiger partial charge in [0.1, 0.15) is 0 Å². The zero-order chi connectivity index (χ0) is 13.2. The molecule has 2 aliphatic rings. The van der Waals surface area contributed by atoms with Gasteiger partial charge in [-0.3, -0.25) is 9.69 Å². The molecule has 18 heavy (non-hydrogen) atoms. The lowest BCUT2D eigenvalue weighted by Crippen LogP contribution is -2.46. The molecule has 2 fully saturated rings. The van der Waals surface area contributed by atoms with Crippen molar-refractivity contribution in [2.24, 2.45) is 10.8 Å². The molecule has 0 atom stereocenters. The van der Waals surface area contributed by atoms with Crippen molar-refractivity contribution < 1.29 is 9.53 Å². The van der Waals surface area contributed by atoms with Gasteiger partial charge in [0, 0.05) is 26.2 Å². The van der Waals surface area contributed by atoms with Gasteiger partial charge in [0.2, 0.25) is 5.91 Å². The third kappa shape index (κ3) is 3.69. The molecule has 0 unspecified atom stereocenters. The zero-order valence-corrected chi connectivity index (χ0v) is 11.9. The summed E-state index contributed by atoms with van der Waals surface area (Å²) in [5, 5.41) is 3.12. The molecular weight excluding hydrogens is 228 g/mol. The predicted molar refractivity (Wildman–Crippen MR) is 71.4 cm³/mol. The number of carbonyl (C=O) groups is 1. The summed E-state index contributed by atoms with van der Waals surface area (Å²) in [4.78, 5) is 14.6. The van der Waals surface area contributed by atoms with E-state index in [4.69, 9.17) is 4.74 Å². The van der Waals surface area contributed by atoms with Gasteiger partial charge in [0.05, 0.1) is 18.6 Å². The number of carbonyl (C=O) groups excluding carboxylic acids is 1. The summed E-state index contributed by atoms with van der Waals surface area (Å²) in [6.07, 6.45) is 2.08. The number of rotatable bonds is 4. The topological polar surface area (TPSA) is 41.6 Å². The average molecular weight is 254 g/mol. The van der Waals surface area contributed by atoms with Crippen LogP contribution in [-0.4, -0.2) is 50.2 Å². The minimum atomic E-state index is -0.0947. The van der Waals surface area contributed by atoms with Gasteiger partial charge in [0.25, 0.3) is 0 Å². The molecule has 104 valence electrons. The van der Waals surface area contributed by atoms with E-state index in [1.807, 2.05) is 0 Å². The molecule has 1 aliphatic carbocycles. The van der Waals surface area contributed by atoms with E-state index in [-0.39, 0.29) is 16.7 Å². The molecule has 4 nitrogen and oxygen atoms in total. The first-order valence-electron chi connectivity index (χ1n) is 7.00. The lowest BCUT2D eigenvalue weighted by Gasteiger charge is -2.30. The summed E-state index contributed by atoms with van der Waals surface area (Å²) in [7, 11) is 0. The van der Waals surface area contributed by atoms with Crippen LogP contribution in [0.5, 0.6) is 0 Å². The van der Waals surface area contributed by atoms with E-state index in [1.165, 1.54) is 0 Å². The monoisotopic (exact) mass is 254 g/mol. The van der Waals surface area contributed by atoms with Crippen molar-refractivity contribution in [1.29, 1.82) is 0 Å². The van der Waals surface area contributed by atoms with E-state index in [0.29, 0.717) is 0 Å². The molecule has 2 rings (SSSR count). The van der Waals surface area contributed by atoms with Gasteiger partial charge < -0.3 is 10.1 Å². The first-order chi connectivity index (χ1) is 8.41. The van der Waals surface area contributed by atoms with E-state index in [0.717, 1.165) is 52.2 Å². The molecule has 0 aromatic heterocycles. The Kier molecular flexibility index (Phi) is 3.97. The Labute approximate surface area is 110 Å². The fraction of sp³-hybridized carbons (Fsp3) is 0.929. The van der Waals surface area contributed by atoms with Crippen LogP contribution in [0.25, 0.3) is 0 Å². The van der Waals surface area contributed by atoms with Crippen molar-refractivity contribution >= 4 is 5.91 Å². The van der Waals surface area contributed by atoms with Crippen molar-refractivity contribution in [1.82, 2.24) is 10.2 Å². The normalized spacial score (nSPS) is 23.7. The second-order valence-corrected chi connectivity index (χ2v) is 6.91. The van der Waals surface area contributed by atoms with E-state index in [1.54, 1.807) is 0 Å². The third-order valence-corrected chi connectivity index (χ3v) is 3.74.